The van der Waals surface area contributed by atoms with Crippen molar-refractivity contribution >= 4 is 32.9 Å². The van der Waals surface area contributed by atoms with Gasteiger partial charge in [0.05, 0.1) is 4.90 Å². The Morgan fingerprint density at radius 2 is 1.65 bits per heavy atom. The zero-order chi connectivity index (χ0) is 12.4. The molecule has 0 heterocycles. The van der Waals surface area contributed by atoms with Gasteiger partial charge in [-0.2, -0.15) is 0 Å². The Kier molecular flexibility index (Phi) is 7.49. The molecule has 0 radical (unpaired) electrons. The summed E-state index contributed by atoms with van der Waals surface area (Å²) in [5.41, 5.74) is 0. The third-order valence-corrected chi connectivity index (χ3v) is 3.60. The molecule has 0 unspecified atom stereocenters. The molecule has 0 bridgehead atoms. The standard InChI is InChI=1S/C7H7BBrF3NO2S.K/c9-6-1-3-7(4-2-6)16(14,15)13-5-8(10,11)12;/h1-4,13H,5H2;/q-1;+1. The maximum Gasteiger partial charge on any atom is 1.00 e. The van der Waals surface area contributed by atoms with Crippen molar-refractivity contribution in [1.29, 1.82) is 0 Å². The second-order valence-corrected chi connectivity index (χ2v) is 5.70. The average Bonchev–Trinajstić information content (AvgIpc) is 2.15. The molecule has 17 heavy (non-hydrogen) atoms. The SMILES string of the molecule is O=S(=O)(NC[B-](F)(F)F)c1ccc(Br)cc1.[K+]. The van der Waals surface area contributed by atoms with Crippen molar-refractivity contribution in [3.8, 4) is 0 Å². The molecule has 0 spiro atoms. The number of sulfonamides is 1. The van der Waals surface area contributed by atoms with Gasteiger partial charge in [-0.1, -0.05) is 15.9 Å². The van der Waals surface area contributed by atoms with Crippen molar-refractivity contribution in [3.05, 3.63) is 28.7 Å². The number of halogens is 4. The van der Waals surface area contributed by atoms with Gasteiger partial charge in [0.25, 0.3) is 0 Å². The van der Waals surface area contributed by atoms with Crippen LogP contribution < -0.4 is 56.1 Å². The van der Waals surface area contributed by atoms with Gasteiger partial charge in [0.2, 0.25) is 10.0 Å². The van der Waals surface area contributed by atoms with E-state index in [1.165, 1.54) is 29.0 Å². The van der Waals surface area contributed by atoms with Crippen molar-refractivity contribution < 1.29 is 72.7 Å². The van der Waals surface area contributed by atoms with Gasteiger partial charge >= 0.3 is 58.4 Å². The van der Waals surface area contributed by atoms with E-state index in [1.807, 2.05) is 0 Å². The van der Waals surface area contributed by atoms with Crippen LogP contribution in [0.2, 0.25) is 0 Å². The van der Waals surface area contributed by atoms with Crippen LogP contribution in [0.25, 0.3) is 0 Å². The smallest absolute Gasteiger partial charge is 0.448 e. The topological polar surface area (TPSA) is 46.2 Å². The molecule has 10 heteroatoms. The number of benzene rings is 1. The van der Waals surface area contributed by atoms with Crippen molar-refractivity contribution in [2.75, 3.05) is 6.44 Å². The second-order valence-electron chi connectivity index (χ2n) is 3.02. The summed E-state index contributed by atoms with van der Waals surface area (Å²) in [6.45, 7) is -5.17. The van der Waals surface area contributed by atoms with Crippen LogP contribution >= 0.6 is 15.9 Å². The Balaban J connectivity index is 0.00000256. The van der Waals surface area contributed by atoms with E-state index in [9.17, 15) is 21.4 Å². The molecule has 0 atom stereocenters. The van der Waals surface area contributed by atoms with E-state index in [-0.39, 0.29) is 56.3 Å². The van der Waals surface area contributed by atoms with Gasteiger partial charge in [-0.05, 0) is 30.7 Å². The fourth-order valence-corrected chi connectivity index (χ4v) is 2.24. The van der Waals surface area contributed by atoms with Crippen LogP contribution in [0.4, 0.5) is 12.9 Å². The quantitative estimate of drug-likeness (QED) is 0.713. The van der Waals surface area contributed by atoms with E-state index in [2.05, 4.69) is 15.9 Å². The molecule has 0 saturated heterocycles. The van der Waals surface area contributed by atoms with E-state index < -0.39 is 23.4 Å². The zero-order valence-electron chi connectivity index (χ0n) is 8.83. The van der Waals surface area contributed by atoms with Crippen LogP contribution in [0.15, 0.2) is 33.6 Å². The summed E-state index contributed by atoms with van der Waals surface area (Å²) < 4.78 is 60.6. The first-order chi connectivity index (χ1) is 7.21. The van der Waals surface area contributed by atoms with Gasteiger partial charge in [-0.3, -0.25) is 0 Å². The molecule has 0 aliphatic carbocycles. The summed E-state index contributed by atoms with van der Waals surface area (Å²) in [4.78, 5) is -0.198. The molecule has 90 valence electrons. The molecule has 3 nitrogen and oxygen atoms in total. The molecule has 0 fully saturated rings. The number of hydrogen-bond acceptors (Lipinski definition) is 2. The van der Waals surface area contributed by atoms with Crippen LogP contribution in [0.5, 0.6) is 0 Å². The summed E-state index contributed by atoms with van der Waals surface area (Å²) in [7, 11) is -4.09. The molecule has 1 aromatic rings. The van der Waals surface area contributed by atoms with Crippen LogP contribution in [-0.2, 0) is 10.0 Å². The molecule has 0 aliphatic rings. The van der Waals surface area contributed by atoms with Gasteiger partial charge in [0, 0.05) is 4.47 Å². The predicted molar refractivity (Wildman–Crippen MR) is 58.4 cm³/mol. The summed E-state index contributed by atoms with van der Waals surface area (Å²) >= 11 is 3.09. The van der Waals surface area contributed by atoms with Crippen LogP contribution in [0.3, 0.4) is 0 Å². The van der Waals surface area contributed by atoms with E-state index in [0.29, 0.717) is 4.47 Å². The minimum atomic E-state index is -5.17. The van der Waals surface area contributed by atoms with Gasteiger partial charge < -0.3 is 12.9 Å². The maximum absolute atomic E-state index is 11.9. The van der Waals surface area contributed by atoms with Crippen LogP contribution in [0.1, 0.15) is 0 Å². The fourth-order valence-electron chi connectivity index (χ4n) is 0.901. The van der Waals surface area contributed by atoms with E-state index in [4.69, 9.17) is 0 Å². The second kappa shape index (κ2) is 7.04. The monoisotopic (exact) mass is 355 g/mol. The first kappa shape index (κ1) is 18.1. The number of hydrogen-bond donors (Lipinski definition) is 1. The van der Waals surface area contributed by atoms with Gasteiger partial charge in [0.15, 0.2) is 0 Å². The number of nitrogens with one attached hydrogen (secondary N) is 1. The molecule has 0 saturated carbocycles. The van der Waals surface area contributed by atoms with E-state index in [0.717, 1.165) is 0 Å². The largest absolute Gasteiger partial charge is 1.00 e. The summed E-state index contributed by atoms with van der Waals surface area (Å²) in [6, 6.07) is 5.31. The van der Waals surface area contributed by atoms with Crippen molar-refractivity contribution in [3.63, 3.8) is 0 Å². The summed E-state index contributed by atoms with van der Waals surface area (Å²) in [6.07, 6.45) is -1.52. The third kappa shape index (κ3) is 6.71. The van der Waals surface area contributed by atoms with Crippen molar-refractivity contribution in [1.82, 2.24) is 4.72 Å². The molecule has 1 rings (SSSR count). The summed E-state index contributed by atoms with van der Waals surface area (Å²) in [5.74, 6) is 0. The minimum Gasteiger partial charge on any atom is -0.448 e. The first-order valence-electron chi connectivity index (χ1n) is 4.17. The van der Waals surface area contributed by atoms with Gasteiger partial charge in [0.1, 0.15) is 0 Å². The van der Waals surface area contributed by atoms with E-state index in [1.54, 1.807) is 0 Å². The van der Waals surface area contributed by atoms with E-state index >= 15 is 0 Å². The molecule has 1 N–H and O–H groups in total. The zero-order valence-corrected chi connectivity index (χ0v) is 14.4. The Bertz CT molecular complexity index is 465. The minimum absolute atomic E-state index is 0. The Morgan fingerprint density at radius 3 is 2.06 bits per heavy atom. The van der Waals surface area contributed by atoms with Crippen LogP contribution in [0, 0.1) is 0 Å². The van der Waals surface area contributed by atoms with Gasteiger partial charge in [-0.15, -0.1) is 0 Å². The molecule has 0 amide bonds. The average molecular weight is 356 g/mol. The first-order valence-corrected chi connectivity index (χ1v) is 6.44. The van der Waals surface area contributed by atoms with Gasteiger partial charge in [-0.25, -0.2) is 13.1 Å². The molecular formula is C7H7BBrF3KNO2S. The Morgan fingerprint density at radius 1 is 1.18 bits per heavy atom. The van der Waals surface area contributed by atoms with Crippen LogP contribution in [-0.4, -0.2) is 21.8 Å². The predicted octanol–water partition coefficient (Wildman–Crippen LogP) is -0.882. The summed E-state index contributed by atoms with van der Waals surface area (Å²) in [5, 5.41) is 0. The molecule has 0 aromatic heterocycles. The van der Waals surface area contributed by atoms with Crippen molar-refractivity contribution in [2.45, 2.75) is 4.90 Å². The Hall–Kier alpha value is 1.10. The molecular weight excluding hydrogens is 349 g/mol. The maximum atomic E-state index is 11.9. The normalized spacial score (nSPS) is 12.0. The number of rotatable bonds is 4. The molecule has 1 aromatic carbocycles. The fraction of sp³-hybridized carbons (Fsp3) is 0.143. The third-order valence-electron chi connectivity index (χ3n) is 1.63. The van der Waals surface area contributed by atoms with Crippen molar-refractivity contribution in [2.24, 2.45) is 0 Å². The molecule has 0 aliphatic heterocycles. The Labute approximate surface area is 148 Å².